The van der Waals surface area contributed by atoms with E-state index in [2.05, 4.69) is 10.3 Å². The van der Waals surface area contributed by atoms with Crippen LogP contribution in [-0.4, -0.2) is 24.3 Å². The number of allylic oxidation sites excluding steroid dienone is 1. The lowest BCUT2D eigenvalue weighted by molar-refractivity contribution is 0.0986. The van der Waals surface area contributed by atoms with E-state index in [4.69, 9.17) is 0 Å². The molecule has 1 heterocycles. The fraction of sp³-hybridized carbons (Fsp3) is 0.0833. The maximum absolute atomic E-state index is 12.0. The van der Waals surface area contributed by atoms with Crippen molar-refractivity contribution in [2.75, 3.05) is 6.54 Å². The SMILES string of the molecule is O=C1C(=C2N=CCN2)C(=O)c2ccccc21. The fourth-order valence-corrected chi connectivity index (χ4v) is 1.94. The minimum absolute atomic E-state index is 0.162. The third-order valence-electron chi connectivity index (χ3n) is 2.69. The van der Waals surface area contributed by atoms with Crippen LogP contribution in [0.15, 0.2) is 40.7 Å². The molecule has 4 nitrogen and oxygen atoms in total. The highest BCUT2D eigenvalue weighted by atomic mass is 16.2. The molecule has 78 valence electrons. The lowest BCUT2D eigenvalue weighted by atomic mass is 10.1. The molecule has 0 saturated carbocycles. The Morgan fingerprint density at radius 1 is 1.06 bits per heavy atom. The van der Waals surface area contributed by atoms with Crippen LogP contribution in [0.2, 0.25) is 0 Å². The zero-order valence-corrected chi connectivity index (χ0v) is 8.36. The summed E-state index contributed by atoms with van der Waals surface area (Å²) in [6.07, 6.45) is 1.64. The molecule has 1 aromatic rings. The molecule has 4 heteroatoms. The van der Waals surface area contributed by atoms with E-state index in [9.17, 15) is 9.59 Å². The van der Waals surface area contributed by atoms with Crippen molar-refractivity contribution in [2.24, 2.45) is 4.99 Å². The number of nitrogens with one attached hydrogen (secondary N) is 1. The number of Topliss-reactive ketones (excluding diaryl/α,β-unsaturated/α-hetero) is 2. The Hall–Kier alpha value is -2.23. The third-order valence-corrected chi connectivity index (χ3v) is 2.69. The molecule has 2 aliphatic rings. The van der Waals surface area contributed by atoms with Gasteiger partial charge in [-0.2, -0.15) is 0 Å². The van der Waals surface area contributed by atoms with Gasteiger partial charge in [-0.25, -0.2) is 4.99 Å². The summed E-state index contributed by atoms with van der Waals surface area (Å²) in [6, 6.07) is 6.84. The Kier molecular flexibility index (Phi) is 1.77. The Balaban J connectivity index is 2.22. The summed E-state index contributed by atoms with van der Waals surface area (Å²) < 4.78 is 0. The van der Waals surface area contributed by atoms with Crippen LogP contribution in [-0.2, 0) is 0 Å². The predicted octanol–water partition coefficient (Wildman–Crippen LogP) is 0.951. The van der Waals surface area contributed by atoms with Gasteiger partial charge in [-0.05, 0) is 0 Å². The van der Waals surface area contributed by atoms with Crippen LogP contribution in [0.1, 0.15) is 20.7 Å². The molecule has 0 atom stereocenters. The summed E-state index contributed by atoms with van der Waals surface area (Å²) in [5, 5.41) is 2.91. The molecular formula is C12H8N2O2. The summed E-state index contributed by atoms with van der Waals surface area (Å²) in [4.78, 5) is 28.0. The number of rotatable bonds is 0. The van der Waals surface area contributed by atoms with Gasteiger partial charge in [0.05, 0.1) is 6.54 Å². The molecule has 0 aromatic heterocycles. The summed E-state index contributed by atoms with van der Waals surface area (Å²) in [5.41, 5.74) is 1.10. The Morgan fingerprint density at radius 2 is 1.69 bits per heavy atom. The minimum atomic E-state index is -0.234. The van der Waals surface area contributed by atoms with Gasteiger partial charge < -0.3 is 5.32 Å². The summed E-state index contributed by atoms with van der Waals surface area (Å²) >= 11 is 0. The van der Waals surface area contributed by atoms with Crippen molar-refractivity contribution in [3.05, 3.63) is 46.8 Å². The lowest BCUT2D eigenvalue weighted by Crippen LogP contribution is -2.14. The minimum Gasteiger partial charge on any atom is -0.364 e. The van der Waals surface area contributed by atoms with Crippen molar-refractivity contribution in [3.63, 3.8) is 0 Å². The second-order valence-corrected chi connectivity index (χ2v) is 3.62. The molecule has 1 N–H and O–H groups in total. The van der Waals surface area contributed by atoms with Gasteiger partial charge in [0.25, 0.3) is 0 Å². The van der Waals surface area contributed by atoms with E-state index in [0.29, 0.717) is 23.5 Å². The van der Waals surface area contributed by atoms with Crippen LogP contribution < -0.4 is 5.32 Å². The fourth-order valence-electron chi connectivity index (χ4n) is 1.94. The number of hydrogen-bond donors (Lipinski definition) is 1. The van der Waals surface area contributed by atoms with Crippen molar-refractivity contribution in [1.29, 1.82) is 0 Å². The molecule has 0 unspecified atom stereocenters. The number of carbonyl (C=O) groups excluding carboxylic acids is 2. The van der Waals surface area contributed by atoms with Gasteiger partial charge in [-0.15, -0.1) is 0 Å². The van der Waals surface area contributed by atoms with E-state index in [1.165, 1.54) is 0 Å². The molecule has 16 heavy (non-hydrogen) atoms. The average molecular weight is 212 g/mol. The second-order valence-electron chi connectivity index (χ2n) is 3.62. The van der Waals surface area contributed by atoms with Crippen LogP contribution >= 0.6 is 0 Å². The largest absolute Gasteiger partial charge is 0.364 e. The smallest absolute Gasteiger partial charge is 0.201 e. The van der Waals surface area contributed by atoms with Crippen LogP contribution in [0, 0.1) is 0 Å². The highest BCUT2D eigenvalue weighted by Crippen LogP contribution is 2.28. The topological polar surface area (TPSA) is 58.5 Å². The normalized spacial score (nSPS) is 18.0. The monoisotopic (exact) mass is 212 g/mol. The number of benzene rings is 1. The highest BCUT2D eigenvalue weighted by Gasteiger charge is 2.35. The van der Waals surface area contributed by atoms with E-state index in [0.717, 1.165) is 0 Å². The molecule has 1 aliphatic carbocycles. The van der Waals surface area contributed by atoms with Crippen molar-refractivity contribution in [3.8, 4) is 0 Å². The van der Waals surface area contributed by atoms with Crippen LogP contribution in [0.4, 0.5) is 0 Å². The first-order valence-corrected chi connectivity index (χ1v) is 4.98. The Bertz CT molecular complexity index is 533. The number of hydrogen-bond acceptors (Lipinski definition) is 4. The van der Waals surface area contributed by atoms with E-state index in [1.54, 1.807) is 30.5 Å². The maximum atomic E-state index is 12.0. The summed E-state index contributed by atoms with van der Waals surface area (Å²) in [5.74, 6) is -0.0736. The van der Waals surface area contributed by atoms with Crippen molar-refractivity contribution in [1.82, 2.24) is 5.32 Å². The predicted molar refractivity (Wildman–Crippen MR) is 58.6 cm³/mol. The third kappa shape index (κ3) is 1.07. The molecule has 0 bridgehead atoms. The van der Waals surface area contributed by atoms with Gasteiger partial charge in [-0.3, -0.25) is 9.59 Å². The molecular weight excluding hydrogens is 204 g/mol. The second kappa shape index (κ2) is 3.13. The Labute approximate surface area is 91.7 Å². The van der Waals surface area contributed by atoms with E-state index < -0.39 is 0 Å². The van der Waals surface area contributed by atoms with E-state index in [1.807, 2.05) is 0 Å². The molecule has 0 radical (unpaired) electrons. The first-order valence-electron chi connectivity index (χ1n) is 4.98. The summed E-state index contributed by atoms with van der Waals surface area (Å²) in [6.45, 7) is 0.565. The van der Waals surface area contributed by atoms with Crippen LogP contribution in [0.5, 0.6) is 0 Å². The Morgan fingerprint density at radius 3 is 2.19 bits per heavy atom. The van der Waals surface area contributed by atoms with Gasteiger partial charge >= 0.3 is 0 Å². The van der Waals surface area contributed by atoms with Gasteiger partial charge in [0.15, 0.2) is 0 Å². The van der Waals surface area contributed by atoms with Crippen molar-refractivity contribution >= 4 is 17.8 Å². The molecule has 1 aliphatic heterocycles. The number of fused-ring (bicyclic) bond motifs is 1. The molecule has 3 rings (SSSR count). The number of ketones is 2. The average Bonchev–Trinajstić information content (AvgIpc) is 2.89. The first kappa shape index (κ1) is 9.03. The molecule has 1 aromatic carbocycles. The van der Waals surface area contributed by atoms with Crippen LogP contribution in [0.25, 0.3) is 0 Å². The van der Waals surface area contributed by atoms with E-state index >= 15 is 0 Å². The summed E-state index contributed by atoms with van der Waals surface area (Å²) in [7, 11) is 0. The van der Waals surface area contributed by atoms with E-state index in [-0.39, 0.29) is 17.1 Å². The zero-order valence-electron chi connectivity index (χ0n) is 8.36. The number of aliphatic imine (C=N–C) groups is 1. The van der Waals surface area contributed by atoms with Gasteiger partial charge in [-0.1, -0.05) is 24.3 Å². The van der Waals surface area contributed by atoms with Gasteiger partial charge in [0.2, 0.25) is 11.6 Å². The van der Waals surface area contributed by atoms with Crippen molar-refractivity contribution < 1.29 is 9.59 Å². The van der Waals surface area contributed by atoms with Gasteiger partial charge in [0, 0.05) is 17.3 Å². The number of carbonyl (C=O) groups is 2. The highest BCUT2D eigenvalue weighted by molar-refractivity contribution is 6.39. The molecule has 0 saturated heterocycles. The van der Waals surface area contributed by atoms with Crippen LogP contribution in [0.3, 0.4) is 0 Å². The number of nitrogens with zero attached hydrogens (tertiary/aromatic N) is 1. The standard InChI is InChI=1S/C12H8N2O2/c15-10-7-3-1-2-4-8(7)11(16)9(10)12-13-5-6-14-12/h1-5,14H,6H2. The molecule has 0 amide bonds. The quantitative estimate of drug-likeness (QED) is 0.514. The lowest BCUT2D eigenvalue weighted by Gasteiger charge is -1.98. The maximum Gasteiger partial charge on any atom is 0.201 e. The van der Waals surface area contributed by atoms with Gasteiger partial charge in [0.1, 0.15) is 11.4 Å². The zero-order chi connectivity index (χ0) is 11.1. The first-order chi connectivity index (χ1) is 7.79. The van der Waals surface area contributed by atoms with Crippen molar-refractivity contribution in [2.45, 2.75) is 0 Å². The molecule has 0 spiro atoms. The molecule has 0 fully saturated rings.